The van der Waals surface area contributed by atoms with Crippen molar-refractivity contribution in [2.75, 3.05) is 12.4 Å². The molecule has 1 heterocycles. The smallest absolute Gasteiger partial charge is 0.255 e. The maximum Gasteiger partial charge on any atom is 0.255 e. The summed E-state index contributed by atoms with van der Waals surface area (Å²) >= 11 is 0. The highest BCUT2D eigenvalue weighted by molar-refractivity contribution is 6.10. The van der Waals surface area contributed by atoms with Crippen LogP contribution in [0.2, 0.25) is 0 Å². The van der Waals surface area contributed by atoms with Crippen LogP contribution >= 0.6 is 0 Å². The number of hydrogen-bond acceptors (Lipinski definition) is 5. The molecule has 0 unspecified atom stereocenters. The molecule has 33 heavy (non-hydrogen) atoms. The van der Waals surface area contributed by atoms with Crippen LogP contribution in [0.25, 0.3) is 5.70 Å². The third-order valence-electron chi connectivity index (χ3n) is 5.52. The maximum absolute atomic E-state index is 13.0. The summed E-state index contributed by atoms with van der Waals surface area (Å²) < 4.78 is 5.36. The molecule has 1 amide bonds. The van der Waals surface area contributed by atoms with E-state index < -0.39 is 0 Å². The van der Waals surface area contributed by atoms with E-state index in [2.05, 4.69) is 24.5 Å². The molecule has 3 N–H and O–H groups in total. The Morgan fingerprint density at radius 2 is 1.76 bits per heavy atom. The van der Waals surface area contributed by atoms with Crippen LogP contribution in [0.4, 0.5) is 5.69 Å². The number of carbonyl (C=O) groups is 2. The summed E-state index contributed by atoms with van der Waals surface area (Å²) in [5.74, 6) is 0.315. The fourth-order valence-corrected chi connectivity index (χ4v) is 3.94. The van der Waals surface area contributed by atoms with E-state index in [1.165, 1.54) is 12.1 Å². The number of phenols is 1. The maximum atomic E-state index is 13.0. The van der Waals surface area contributed by atoms with Crippen molar-refractivity contribution < 1.29 is 19.4 Å². The lowest BCUT2D eigenvalue weighted by Gasteiger charge is -2.35. The Balaban J connectivity index is 1.56. The molecule has 1 aliphatic heterocycles. The number of benzene rings is 3. The number of methoxy groups -OCH3 is 1. The first kappa shape index (κ1) is 22.1. The van der Waals surface area contributed by atoms with Crippen molar-refractivity contribution in [1.29, 1.82) is 0 Å². The number of nitrogens with one attached hydrogen (secondary N) is 2. The van der Waals surface area contributed by atoms with Crippen LogP contribution < -0.4 is 15.4 Å². The molecule has 1 aliphatic rings. The second-order valence-electron chi connectivity index (χ2n) is 8.71. The van der Waals surface area contributed by atoms with Crippen molar-refractivity contribution in [2.45, 2.75) is 25.8 Å². The number of aromatic hydroxyl groups is 1. The molecule has 168 valence electrons. The van der Waals surface area contributed by atoms with Gasteiger partial charge in [0.1, 0.15) is 11.5 Å². The molecule has 6 heteroatoms. The van der Waals surface area contributed by atoms with Crippen LogP contribution in [0.15, 0.2) is 72.8 Å². The number of rotatable bonds is 5. The summed E-state index contributed by atoms with van der Waals surface area (Å²) in [6.45, 7) is 4.19. The molecular formula is C27H26N2O4. The van der Waals surface area contributed by atoms with Crippen LogP contribution in [-0.4, -0.2) is 29.4 Å². The van der Waals surface area contributed by atoms with Crippen LogP contribution in [0.1, 0.15) is 45.7 Å². The summed E-state index contributed by atoms with van der Waals surface area (Å²) in [5, 5.41) is 15.7. The van der Waals surface area contributed by atoms with Gasteiger partial charge in [-0.3, -0.25) is 9.59 Å². The molecule has 0 saturated carbocycles. The van der Waals surface area contributed by atoms with E-state index >= 15 is 0 Å². The van der Waals surface area contributed by atoms with Crippen LogP contribution in [-0.2, 0) is 6.42 Å². The van der Waals surface area contributed by atoms with E-state index in [0.29, 0.717) is 16.8 Å². The molecule has 0 fully saturated rings. The van der Waals surface area contributed by atoms with Gasteiger partial charge in [-0.25, -0.2) is 0 Å². The predicted molar refractivity (Wildman–Crippen MR) is 129 cm³/mol. The van der Waals surface area contributed by atoms with Gasteiger partial charge < -0.3 is 20.5 Å². The zero-order valence-electron chi connectivity index (χ0n) is 18.8. The van der Waals surface area contributed by atoms with Crippen LogP contribution in [0, 0.1) is 0 Å². The van der Waals surface area contributed by atoms with Gasteiger partial charge in [0.25, 0.3) is 5.91 Å². The van der Waals surface area contributed by atoms with E-state index in [1.54, 1.807) is 49.6 Å². The lowest BCUT2D eigenvalue weighted by atomic mass is 9.85. The molecule has 6 nitrogen and oxygen atoms in total. The first-order valence-electron chi connectivity index (χ1n) is 10.7. The third-order valence-corrected chi connectivity index (χ3v) is 5.52. The molecule has 0 saturated heterocycles. The fourth-order valence-electron chi connectivity index (χ4n) is 3.94. The standard InChI is InChI=1S/C27H26N2O4/c1-27(2)16-19-11-12-22(33-3)14-23(19)24(29-27)15-25(31)17-7-9-18(10-8-17)26(32)28-20-5-4-6-21(30)13-20/h4-15,29-30H,16H2,1-3H3,(H,28,32)/b24-15-. The Hall–Kier alpha value is -4.06. The van der Waals surface area contributed by atoms with Crippen molar-refractivity contribution in [1.82, 2.24) is 5.32 Å². The topological polar surface area (TPSA) is 87.7 Å². The van der Waals surface area contributed by atoms with Crippen LogP contribution in [0.5, 0.6) is 11.5 Å². The van der Waals surface area contributed by atoms with Crippen molar-refractivity contribution in [2.24, 2.45) is 0 Å². The zero-order valence-corrected chi connectivity index (χ0v) is 18.8. The van der Waals surface area contributed by atoms with Gasteiger partial charge in [-0.1, -0.05) is 24.3 Å². The molecule has 3 aromatic carbocycles. The van der Waals surface area contributed by atoms with E-state index in [0.717, 1.165) is 29.0 Å². The summed E-state index contributed by atoms with van der Waals surface area (Å²) in [5.41, 5.74) is 4.03. The van der Waals surface area contributed by atoms with Crippen molar-refractivity contribution in [3.63, 3.8) is 0 Å². The number of fused-ring (bicyclic) bond motifs is 1. The molecule has 4 rings (SSSR count). The SMILES string of the molecule is COc1ccc2c(c1)/C(=C/C(=O)c1ccc(C(=O)Nc3cccc(O)c3)cc1)NC(C)(C)C2. The Kier molecular flexibility index (Phi) is 5.92. The fraction of sp³-hybridized carbons (Fsp3) is 0.185. The van der Waals surface area contributed by atoms with Gasteiger partial charge >= 0.3 is 0 Å². The van der Waals surface area contributed by atoms with Crippen molar-refractivity contribution in [3.8, 4) is 11.5 Å². The summed E-state index contributed by atoms with van der Waals surface area (Å²) in [6.07, 6.45) is 2.43. The predicted octanol–water partition coefficient (Wildman–Crippen LogP) is 4.80. The normalized spacial score (nSPS) is 15.3. The number of allylic oxidation sites excluding steroid dienone is 1. The quantitative estimate of drug-likeness (QED) is 0.390. The average molecular weight is 443 g/mol. The average Bonchev–Trinajstić information content (AvgIpc) is 2.78. The zero-order chi connectivity index (χ0) is 23.6. The van der Waals surface area contributed by atoms with Gasteiger partial charge in [-0.2, -0.15) is 0 Å². The number of amides is 1. The Morgan fingerprint density at radius 3 is 2.45 bits per heavy atom. The largest absolute Gasteiger partial charge is 0.508 e. The molecule has 0 aliphatic carbocycles. The van der Waals surface area contributed by atoms with Crippen molar-refractivity contribution >= 4 is 23.1 Å². The van der Waals surface area contributed by atoms with Crippen molar-refractivity contribution in [3.05, 3.63) is 95.1 Å². The molecule has 0 atom stereocenters. The first-order valence-corrected chi connectivity index (χ1v) is 10.7. The summed E-state index contributed by atoms with van der Waals surface area (Å²) in [6, 6.07) is 18.7. The molecule has 0 radical (unpaired) electrons. The van der Waals surface area contributed by atoms with Gasteiger partial charge in [0, 0.05) is 45.8 Å². The first-order chi connectivity index (χ1) is 15.7. The number of hydrogen-bond donors (Lipinski definition) is 3. The van der Waals surface area contributed by atoms with Gasteiger partial charge in [0.15, 0.2) is 5.78 Å². The van der Waals surface area contributed by atoms with E-state index in [4.69, 9.17) is 4.74 Å². The van der Waals surface area contributed by atoms with E-state index in [-0.39, 0.29) is 23.0 Å². The van der Waals surface area contributed by atoms with Gasteiger partial charge in [0.05, 0.1) is 7.11 Å². The molecule has 0 spiro atoms. The van der Waals surface area contributed by atoms with Gasteiger partial charge in [-0.15, -0.1) is 0 Å². The Bertz CT molecular complexity index is 1240. The minimum atomic E-state index is -0.324. The highest BCUT2D eigenvalue weighted by Crippen LogP contribution is 2.32. The molecule has 0 bridgehead atoms. The minimum absolute atomic E-state index is 0.0699. The Morgan fingerprint density at radius 1 is 1.03 bits per heavy atom. The molecular weight excluding hydrogens is 416 g/mol. The number of anilines is 1. The second kappa shape index (κ2) is 8.82. The summed E-state index contributed by atoms with van der Waals surface area (Å²) in [4.78, 5) is 25.5. The van der Waals surface area contributed by atoms with Crippen LogP contribution in [0.3, 0.4) is 0 Å². The minimum Gasteiger partial charge on any atom is -0.508 e. The molecule has 0 aromatic heterocycles. The lowest BCUT2D eigenvalue weighted by Crippen LogP contribution is -2.43. The number of ketones is 1. The monoisotopic (exact) mass is 442 g/mol. The summed E-state index contributed by atoms with van der Waals surface area (Å²) in [7, 11) is 1.62. The van der Waals surface area contributed by atoms with Gasteiger partial charge in [-0.05, 0) is 62.2 Å². The lowest BCUT2D eigenvalue weighted by molar-refractivity contribution is 0.102. The Labute approximate surface area is 192 Å². The molecule has 3 aromatic rings. The van der Waals surface area contributed by atoms with E-state index in [1.807, 2.05) is 18.2 Å². The number of carbonyl (C=O) groups excluding carboxylic acids is 2. The highest BCUT2D eigenvalue weighted by atomic mass is 16.5. The highest BCUT2D eigenvalue weighted by Gasteiger charge is 2.28. The van der Waals surface area contributed by atoms with E-state index in [9.17, 15) is 14.7 Å². The van der Waals surface area contributed by atoms with Gasteiger partial charge in [0.2, 0.25) is 0 Å². The number of ether oxygens (including phenoxy) is 1. The third kappa shape index (κ3) is 5.06. The number of phenolic OH excluding ortho intramolecular Hbond substituents is 1. The second-order valence-corrected chi connectivity index (χ2v) is 8.71.